The van der Waals surface area contributed by atoms with Gasteiger partial charge in [0.25, 0.3) is 0 Å². The van der Waals surface area contributed by atoms with Crippen molar-refractivity contribution in [3.8, 4) is 0 Å². The third-order valence-corrected chi connectivity index (χ3v) is 4.61. The fraction of sp³-hybridized carbons (Fsp3) is 0.458. The first-order valence-electron chi connectivity index (χ1n) is 10.5. The van der Waals surface area contributed by atoms with E-state index in [1.54, 1.807) is 19.1 Å². The van der Waals surface area contributed by atoms with E-state index in [0.29, 0.717) is 19.3 Å². The van der Waals surface area contributed by atoms with Gasteiger partial charge in [-0.2, -0.15) is 0 Å². The Hall–Kier alpha value is -2.93. The zero-order chi connectivity index (χ0) is 23.1. The van der Waals surface area contributed by atoms with Crippen LogP contribution in [-0.2, 0) is 25.5 Å². The summed E-state index contributed by atoms with van der Waals surface area (Å²) < 4.78 is 5.22. The molecule has 3 atom stereocenters. The van der Waals surface area contributed by atoms with Gasteiger partial charge in [0, 0.05) is 12.8 Å². The Morgan fingerprint density at radius 2 is 1.87 bits per heavy atom. The van der Waals surface area contributed by atoms with Gasteiger partial charge in [-0.25, -0.2) is 0 Å². The van der Waals surface area contributed by atoms with Gasteiger partial charge in [0.05, 0.1) is 25.1 Å². The lowest BCUT2D eigenvalue weighted by Gasteiger charge is -2.20. The molecule has 0 aliphatic carbocycles. The summed E-state index contributed by atoms with van der Waals surface area (Å²) in [5, 5.41) is 15.1. The first-order valence-corrected chi connectivity index (χ1v) is 10.5. The molecule has 0 saturated heterocycles. The van der Waals surface area contributed by atoms with E-state index in [1.807, 2.05) is 30.3 Å². The molecule has 0 bridgehead atoms. The zero-order valence-corrected chi connectivity index (χ0v) is 18.2. The summed E-state index contributed by atoms with van der Waals surface area (Å²) in [5.41, 5.74) is 0.999. The lowest BCUT2D eigenvalue weighted by molar-refractivity contribution is -0.148. The maximum absolute atomic E-state index is 12.5. The summed E-state index contributed by atoms with van der Waals surface area (Å²) in [7, 11) is 0. The predicted molar refractivity (Wildman–Crippen MR) is 120 cm³/mol. The Morgan fingerprint density at radius 1 is 1.16 bits per heavy atom. The van der Waals surface area contributed by atoms with Crippen LogP contribution < -0.4 is 10.6 Å². The van der Waals surface area contributed by atoms with Crippen LogP contribution in [0.2, 0.25) is 0 Å². The van der Waals surface area contributed by atoms with Gasteiger partial charge in [-0.15, -0.1) is 13.2 Å². The average Bonchev–Trinajstić information content (AvgIpc) is 2.75. The number of aliphatic hydroxyl groups is 1. The van der Waals surface area contributed by atoms with Gasteiger partial charge in [0.1, 0.15) is 6.10 Å². The van der Waals surface area contributed by atoms with E-state index >= 15 is 0 Å². The molecule has 2 amide bonds. The highest BCUT2D eigenvalue weighted by Crippen LogP contribution is 2.11. The highest BCUT2D eigenvalue weighted by molar-refractivity contribution is 5.86. The van der Waals surface area contributed by atoms with Crippen molar-refractivity contribution in [3.63, 3.8) is 0 Å². The topological polar surface area (TPSA) is 105 Å². The summed E-state index contributed by atoms with van der Waals surface area (Å²) in [6, 6.07) is 9.11. The normalized spacial score (nSPS) is 13.4. The molecule has 0 aliphatic heterocycles. The predicted octanol–water partition coefficient (Wildman–Crippen LogP) is 2.30. The molecule has 7 heteroatoms. The van der Waals surface area contributed by atoms with Gasteiger partial charge in [0.15, 0.2) is 0 Å². The van der Waals surface area contributed by atoms with E-state index in [9.17, 15) is 19.5 Å². The van der Waals surface area contributed by atoms with Crippen LogP contribution in [0.1, 0.15) is 38.2 Å². The number of allylic oxidation sites excluding steroid dienone is 2. The zero-order valence-electron chi connectivity index (χ0n) is 18.2. The van der Waals surface area contributed by atoms with Crippen LogP contribution in [0, 0.1) is 5.92 Å². The summed E-state index contributed by atoms with van der Waals surface area (Å²) in [6.07, 6.45) is 4.32. The minimum absolute atomic E-state index is 0.0311. The van der Waals surface area contributed by atoms with E-state index in [-0.39, 0.29) is 43.8 Å². The van der Waals surface area contributed by atoms with Gasteiger partial charge in [-0.3, -0.25) is 14.4 Å². The van der Waals surface area contributed by atoms with Crippen molar-refractivity contribution in [2.75, 3.05) is 13.2 Å². The van der Waals surface area contributed by atoms with Crippen LogP contribution in [0.25, 0.3) is 0 Å². The number of ether oxygens (including phenoxy) is 1. The Labute approximate surface area is 184 Å². The molecule has 0 heterocycles. The van der Waals surface area contributed by atoms with Crippen molar-refractivity contribution >= 4 is 17.8 Å². The van der Waals surface area contributed by atoms with Gasteiger partial charge in [-0.05, 0) is 31.7 Å². The number of hydrogen-bond donors (Lipinski definition) is 3. The minimum Gasteiger partial charge on any atom is -0.461 e. The van der Waals surface area contributed by atoms with E-state index in [2.05, 4.69) is 23.8 Å². The molecule has 3 N–H and O–H groups in total. The van der Waals surface area contributed by atoms with Crippen molar-refractivity contribution in [2.45, 2.75) is 51.2 Å². The van der Waals surface area contributed by atoms with E-state index in [0.717, 1.165) is 5.56 Å². The van der Waals surface area contributed by atoms with Crippen molar-refractivity contribution in [1.29, 1.82) is 0 Å². The second-order valence-corrected chi connectivity index (χ2v) is 7.44. The quantitative estimate of drug-likeness (QED) is 0.293. The van der Waals surface area contributed by atoms with Crippen LogP contribution >= 0.6 is 0 Å². The molecule has 0 fully saturated rings. The van der Waals surface area contributed by atoms with Crippen molar-refractivity contribution < 1.29 is 24.2 Å². The van der Waals surface area contributed by atoms with Crippen LogP contribution in [0.15, 0.2) is 55.6 Å². The molecule has 170 valence electrons. The number of carbonyl (C=O) groups is 3. The molecule has 0 aromatic heterocycles. The van der Waals surface area contributed by atoms with Crippen molar-refractivity contribution in [1.82, 2.24) is 10.6 Å². The molecule has 0 radical (unpaired) electrons. The van der Waals surface area contributed by atoms with Crippen LogP contribution in [0.3, 0.4) is 0 Å². The molecule has 1 aromatic carbocycles. The van der Waals surface area contributed by atoms with Crippen molar-refractivity contribution in [3.05, 3.63) is 61.2 Å². The molecule has 31 heavy (non-hydrogen) atoms. The summed E-state index contributed by atoms with van der Waals surface area (Å²) >= 11 is 0. The number of rotatable bonds is 15. The Kier molecular flexibility index (Phi) is 12.6. The SMILES string of the molecule is C=CCCC(=O)OC(C)CNC(=O)C(CC=C)CC(=O)NC(CO)Cc1ccccc1. The van der Waals surface area contributed by atoms with Crippen molar-refractivity contribution in [2.24, 2.45) is 5.92 Å². The van der Waals surface area contributed by atoms with E-state index in [1.165, 1.54) is 0 Å². The number of carbonyl (C=O) groups excluding carboxylic acids is 3. The number of nitrogens with one attached hydrogen (secondary N) is 2. The number of hydrogen-bond acceptors (Lipinski definition) is 5. The van der Waals surface area contributed by atoms with Gasteiger partial charge < -0.3 is 20.5 Å². The minimum atomic E-state index is -0.600. The largest absolute Gasteiger partial charge is 0.461 e. The molecule has 3 unspecified atom stereocenters. The van der Waals surface area contributed by atoms with Gasteiger partial charge in [0.2, 0.25) is 11.8 Å². The molecule has 0 saturated carbocycles. The third-order valence-electron chi connectivity index (χ3n) is 4.61. The highest BCUT2D eigenvalue weighted by Gasteiger charge is 2.23. The summed E-state index contributed by atoms with van der Waals surface area (Å²) in [6.45, 7) is 8.86. The Balaban J connectivity index is 2.52. The Bertz CT molecular complexity index is 720. The fourth-order valence-corrected chi connectivity index (χ4v) is 2.99. The van der Waals surface area contributed by atoms with Crippen LogP contribution in [0.4, 0.5) is 0 Å². The standard InChI is InChI=1S/C24H34N2O5/c1-4-6-13-23(29)31-18(3)16-25-24(30)20(10-5-2)15-22(28)26-21(17-27)14-19-11-8-7-9-12-19/h4-5,7-9,11-12,18,20-21,27H,1-2,6,10,13-17H2,3H3,(H,25,30)(H,26,28). The summed E-state index contributed by atoms with van der Waals surface area (Å²) in [5.74, 6) is -1.58. The number of amides is 2. The maximum atomic E-state index is 12.5. The first-order chi connectivity index (χ1) is 14.9. The van der Waals surface area contributed by atoms with E-state index in [4.69, 9.17) is 4.74 Å². The van der Waals surface area contributed by atoms with Crippen LogP contribution in [-0.4, -0.2) is 48.2 Å². The number of benzene rings is 1. The van der Waals surface area contributed by atoms with Gasteiger partial charge in [-0.1, -0.05) is 42.5 Å². The molecule has 0 spiro atoms. The monoisotopic (exact) mass is 430 g/mol. The Morgan fingerprint density at radius 3 is 2.48 bits per heavy atom. The molecule has 1 rings (SSSR count). The smallest absolute Gasteiger partial charge is 0.306 e. The lowest BCUT2D eigenvalue weighted by Crippen LogP contribution is -2.42. The second kappa shape index (κ2) is 15.0. The van der Waals surface area contributed by atoms with E-state index < -0.39 is 18.1 Å². The molecule has 0 aliphatic rings. The fourth-order valence-electron chi connectivity index (χ4n) is 2.99. The second-order valence-electron chi connectivity index (χ2n) is 7.44. The molecular formula is C24H34N2O5. The summed E-state index contributed by atoms with van der Waals surface area (Å²) in [4.78, 5) is 36.6. The first kappa shape index (κ1) is 26.1. The lowest BCUT2D eigenvalue weighted by atomic mass is 9.99. The number of aliphatic hydroxyl groups excluding tert-OH is 1. The average molecular weight is 431 g/mol. The molecule has 1 aromatic rings. The van der Waals surface area contributed by atoms with Gasteiger partial charge >= 0.3 is 5.97 Å². The van der Waals surface area contributed by atoms with Crippen LogP contribution in [0.5, 0.6) is 0 Å². The highest BCUT2D eigenvalue weighted by atomic mass is 16.5. The third kappa shape index (κ3) is 11.1. The maximum Gasteiger partial charge on any atom is 0.306 e. The molecule has 7 nitrogen and oxygen atoms in total. The molecular weight excluding hydrogens is 396 g/mol. The number of esters is 1.